The van der Waals surface area contributed by atoms with Gasteiger partial charge in [-0.3, -0.25) is 0 Å². The Balaban J connectivity index is 1.23. The van der Waals surface area contributed by atoms with Crippen LogP contribution in [0, 0.1) is 18.3 Å². The zero-order valence-electron chi connectivity index (χ0n) is 38.1. The van der Waals surface area contributed by atoms with Crippen molar-refractivity contribution in [3.8, 4) is 39.9 Å². The molecule has 0 amide bonds. The van der Waals surface area contributed by atoms with Gasteiger partial charge in [0.2, 0.25) is 0 Å². The molecule has 14 aromatic rings. The van der Waals surface area contributed by atoms with Gasteiger partial charge in [-0.15, -0.1) is 0 Å². The summed E-state index contributed by atoms with van der Waals surface area (Å²) in [6, 6.07) is 72.6. The number of benzene rings is 10. The molecule has 5 nitrogen and oxygen atoms in total. The van der Waals surface area contributed by atoms with E-state index in [1.165, 1.54) is 6.07 Å². The van der Waals surface area contributed by atoms with E-state index in [2.05, 4.69) is 109 Å². The third-order valence-corrected chi connectivity index (χ3v) is 14.5. The highest BCUT2D eigenvalue weighted by molar-refractivity contribution is 6.25. The fourth-order valence-corrected chi connectivity index (χ4v) is 11.7. The molecule has 71 heavy (non-hydrogen) atoms. The lowest BCUT2D eigenvalue weighted by atomic mass is 9.92. The van der Waals surface area contributed by atoms with E-state index in [0.717, 1.165) is 105 Å². The molecule has 0 aliphatic rings. The number of alkyl halides is 3. The molecule has 0 saturated carbocycles. The van der Waals surface area contributed by atoms with Crippen LogP contribution in [0.15, 0.2) is 212 Å². The predicted molar refractivity (Wildman–Crippen MR) is 284 cm³/mol. The van der Waals surface area contributed by atoms with E-state index in [-0.39, 0.29) is 5.56 Å². The highest BCUT2D eigenvalue weighted by atomic mass is 19.4. The van der Waals surface area contributed by atoms with Gasteiger partial charge < -0.3 is 18.3 Å². The van der Waals surface area contributed by atoms with Crippen LogP contribution < -0.4 is 0 Å². The maximum Gasteiger partial charge on any atom is 0.417 e. The van der Waals surface area contributed by atoms with Crippen molar-refractivity contribution < 1.29 is 13.2 Å². The minimum atomic E-state index is -4.68. The van der Waals surface area contributed by atoms with Gasteiger partial charge in [-0.05, 0) is 90.3 Å². The summed E-state index contributed by atoms with van der Waals surface area (Å²) >= 11 is 0. The van der Waals surface area contributed by atoms with Crippen LogP contribution in [-0.4, -0.2) is 18.3 Å². The number of aryl methyl sites for hydroxylation is 1. The van der Waals surface area contributed by atoms with Crippen LogP contribution in [0.3, 0.4) is 0 Å². The largest absolute Gasteiger partial charge is 0.417 e. The molecule has 14 rings (SSSR count). The second-order valence-corrected chi connectivity index (χ2v) is 18.3. The number of fused-ring (bicyclic) bond motifs is 14. The van der Waals surface area contributed by atoms with Gasteiger partial charge in [0.25, 0.3) is 0 Å². The Labute approximate surface area is 404 Å². The molecule has 0 unspecified atom stereocenters. The molecule has 4 heterocycles. The number of para-hydroxylation sites is 6. The van der Waals surface area contributed by atoms with Gasteiger partial charge >= 0.3 is 6.18 Å². The van der Waals surface area contributed by atoms with E-state index >= 15 is 13.2 Å². The quantitative estimate of drug-likeness (QED) is 0.170. The van der Waals surface area contributed by atoms with Gasteiger partial charge in [-0.1, -0.05) is 146 Å². The highest BCUT2D eigenvalue weighted by Crippen LogP contribution is 2.48. The van der Waals surface area contributed by atoms with Gasteiger partial charge in [-0.2, -0.15) is 18.4 Å². The van der Waals surface area contributed by atoms with Crippen molar-refractivity contribution in [1.82, 2.24) is 18.3 Å². The number of nitrogens with zero attached hydrogens (tertiary/aromatic N) is 5. The third kappa shape index (κ3) is 5.75. The summed E-state index contributed by atoms with van der Waals surface area (Å²) in [6.07, 6.45) is -4.68. The summed E-state index contributed by atoms with van der Waals surface area (Å²) in [5.41, 5.74) is 10.4. The summed E-state index contributed by atoms with van der Waals surface area (Å²) in [4.78, 5) is 0. The van der Waals surface area contributed by atoms with E-state index in [1.807, 2.05) is 109 Å². The van der Waals surface area contributed by atoms with Crippen LogP contribution >= 0.6 is 0 Å². The van der Waals surface area contributed by atoms with Crippen LogP contribution in [0.1, 0.15) is 16.7 Å². The molecule has 0 fully saturated rings. The molecular formula is C63H38F3N5. The SMILES string of the molecule is Cc1cccc(C(F)(F)F)c1-c1cc(-n2c3ccccc3c3ccc4c5ccccc5n(-c5ccccc5)c4c32)c(C#N)c(-n2c3ccccc3c3ccc4c5ccccc5n(-c5ccccc5)c4c32)c1. The molecule has 0 aliphatic carbocycles. The van der Waals surface area contributed by atoms with Crippen LogP contribution in [0.4, 0.5) is 13.2 Å². The van der Waals surface area contributed by atoms with E-state index in [9.17, 15) is 5.26 Å². The van der Waals surface area contributed by atoms with Crippen LogP contribution in [0.2, 0.25) is 0 Å². The van der Waals surface area contributed by atoms with E-state index in [0.29, 0.717) is 28.1 Å². The molecule has 0 N–H and O–H groups in total. The first kappa shape index (κ1) is 40.7. The predicted octanol–water partition coefficient (Wildman–Crippen LogP) is 16.9. The number of halogens is 3. The number of hydrogen-bond acceptors (Lipinski definition) is 1. The van der Waals surface area contributed by atoms with Crippen molar-refractivity contribution in [3.63, 3.8) is 0 Å². The lowest BCUT2D eigenvalue weighted by molar-refractivity contribution is -0.137. The highest BCUT2D eigenvalue weighted by Gasteiger charge is 2.35. The Morgan fingerprint density at radius 3 is 1.11 bits per heavy atom. The normalized spacial score (nSPS) is 12.2. The number of aromatic nitrogens is 4. The van der Waals surface area contributed by atoms with Crippen LogP contribution in [0.25, 0.3) is 121 Å². The van der Waals surface area contributed by atoms with Crippen molar-refractivity contribution in [2.24, 2.45) is 0 Å². The second-order valence-electron chi connectivity index (χ2n) is 18.3. The van der Waals surface area contributed by atoms with Crippen LogP contribution in [-0.2, 0) is 6.18 Å². The zero-order chi connectivity index (χ0) is 47.7. The molecule has 336 valence electrons. The Kier molecular flexibility index (Phi) is 8.65. The van der Waals surface area contributed by atoms with Gasteiger partial charge in [-0.25, -0.2) is 0 Å². The summed E-state index contributed by atoms with van der Waals surface area (Å²) < 4.78 is 55.4. The molecule has 0 saturated heterocycles. The average molecular weight is 922 g/mol. The van der Waals surface area contributed by atoms with Gasteiger partial charge in [0.15, 0.2) is 0 Å². The summed E-state index contributed by atoms with van der Waals surface area (Å²) in [5.74, 6) is 0. The first-order valence-electron chi connectivity index (χ1n) is 23.6. The topological polar surface area (TPSA) is 43.5 Å². The van der Waals surface area contributed by atoms with Crippen molar-refractivity contribution >= 4 is 87.2 Å². The first-order valence-corrected chi connectivity index (χ1v) is 23.6. The van der Waals surface area contributed by atoms with Crippen LogP contribution in [0.5, 0.6) is 0 Å². The Morgan fingerprint density at radius 2 is 0.732 bits per heavy atom. The summed E-state index contributed by atoms with van der Waals surface area (Å²) in [6.45, 7) is 1.73. The fraction of sp³-hybridized carbons (Fsp3) is 0.0317. The maximum atomic E-state index is 15.5. The first-order chi connectivity index (χ1) is 34.8. The molecule has 0 atom stereocenters. The Hall–Kier alpha value is -9.32. The van der Waals surface area contributed by atoms with Gasteiger partial charge in [0.1, 0.15) is 11.6 Å². The standard InChI is InChI=1S/C63H38F3N5/c1-38-17-16-26-51(63(64,65)66)58(38)39-35-56(70-54-29-14-10-24-44(54)48-33-31-46-42-22-8-12-27-52(42)68(59(46)61(48)70)40-18-4-2-5-19-40)50(37-67)57(36-39)71-55-30-15-11-25-45(55)49-34-32-47-43-23-9-13-28-53(43)69(60(47)62(49)71)41-20-6-3-7-21-41/h2-36H,1H3. The maximum absolute atomic E-state index is 15.5. The van der Waals surface area contributed by atoms with E-state index in [1.54, 1.807) is 13.0 Å². The van der Waals surface area contributed by atoms with E-state index < -0.39 is 11.7 Å². The minimum Gasteiger partial charge on any atom is -0.307 e. The molecule has 0 aliphatic heterocycles. The van der Waals surface area contributed by atoms with Gasteiger partial charge in [0.05, 0.1) is 61.1 Å². The monoisotopic (exact) mass is 921 g/mol. The van der Waals surface area contributed by atoms with Gasteiger partial charge in [0, 0.05) is 54.5 Å². The van der Waals surface area contributed by atoms with Crippen molar-refractivity contribution in [1.29, 1.82) is 5.26 Å². The Morgan fingerprint density at radius 1 is 0.380 bits per heavy atom. The molecule has 0 radical (unpaired) electrons. The third-order valence-electron chi connectivity index (χ3n) is 14.5. The van der Waals surface area contributed by atoms with Crippen molar-refractivity contribution in [2.45, 2.75) is 13.1 Å². The molecular weight excluding hydrogens is 884 g/mol. The number of nitriles is 1. The Bertz CT molecular complexity index is 4330. The average Bonchev–Trinajstić information content (AvgIpc) is 4.14. The zero-order valence-corrected chi connectivity index (χ0v) is 38.1. The smallest absolute Gasteiger partial charge is 0.307 e. The molecule has 0 spiro atoms. The second kappa shape index (κ2) is 15.1. The fourth-order valence-electron chi connectivity index (χ4n) is 11.7. The van der Waals surface area contributed by atoms with Crippen molar-refractivity contribution in [2.75, 3.05) is 0 Å². The summed E-state index contributed by atoms with van der Waals surface area (Å²) in [5, 5.41) is 19.9. The molecule has 10 aromatic carbocycles. The lowest BCUT2D eigenvalue weighted by Crippen LogP contribution is -2.10. The molecule has 4 aromatic heterocycles. The minimum absolute atomic E-state index is 0.0561. The lowest BCUT2D eigenvalue weighted by Gasteiger charge is -2.21. The number of hydrogen-bond donors (Lipinski definition) is 0. The van der Waals surface area contributed by atoms with Crippen molar-refractivity contribution in [3.05, 3.63) is 229 Å². The number of rotatable bonds is 5. The molecule has 8 heteroatoms. The summed E-state index contributed by atoms with van der Waals surface area (Å²) in [7, 11) is 0. The molecule has 0 bridgehead atoms. The van der Waals surface area contributed by atoms with E-state index in [4.69, 9.17) is 0 Å².